The molecule has 30 heavy (non-hydrogen) atoms. The van der Waals surface area contributed by atoms with Crippen LogP contribution in [0.25, 0.3) is 11.1 Å². The number of hydrogen-bond donors (Lipinski definition) is 2. The second-order valence-corrected chi connectivity index (χ2v) is 8.20. The van der Waals surface area contributed by atoms with Gasteiger partial charge in [0, 0.05) is 43.7 Å². The summed E-state index contributed by atoms with van der Waals surface area (Å²) >= 11 is 0.962. The molecule has 4 amide bonds. The number of amides is 4. The van der Waals surface area contributed by atoms with E-state index in [0.29, 0.717) is 18.8 Å². The van der Waals surface area contributed by atoms with E-state index < -0.39 is 5.25 Å². The average Bonchev–Trinajstić information content (AvgIpc) is 3.07. The van der Waals surface area contributed by atoms with E-state index in [9.17, 15) is 14.4 Å². The molecule has 1 aromatic carbocycles. The topological polar surface area (TPSA) is 104 Å². The van der Waals surface area contributed by atoms with Crippen molar-refractivity contribution in [3.63, 3.8) is 0 Å². The molecule has 0 aliphatic carbocycles. The summed E-state index contributed by atoms with van der Waals surface area (Å²) in [7, 11) is 1.74. The van der Waals surface area contributed by atoms with Crippen LogP contribution >= 0.6 is 11.8 Å². The van der Waals surface area contributed by atoms with Crippen LogP contribution < -0.4 is 15.5 Å². The number of thioether (sulfide) groups is 1. The van der Waals surface area contributed by atoms with Gasteiger partial charge in [-0.25, -0.2) is 14.8 Å². The van der Waals surface area contributed by atoms with Crippen LogP contribution in [0.1, 0.15) is 32.0 Å². The molecule has 3 rings (SSSR count). The lowest BCUT2D eigenvalue weighted by Gasteiger charge is -2.19. The molecule has 0 radical (unpaired) electrons. The third-order valence-electron chi connectivity index (χ3n) is 4.77. The van der Waals surface area contributed by atoms with E-state index in [1.54, 1.807) is 24.3 Å². The van der Waals surface area contributed by atoms with E-state index in [-0.39, 0.29) is 17.2 Å². The van der Waals surface area contributed by atoms with Crippen molar-refractivity contribution in [2.75, 3.05) is 18.5 Å². The van der Waals surface area contributed by atoms with E-state index in [2.05, 4.69) is 27.5 Å². The Balaban J connectivity index is 1.64. The number of benzene rings is 1. The quantitative estimate of drug-likeness (QED) is 0.626. The molecule has 1 unspecified atom stereocenters. The summed E-state index contributed by atoms with van der Waals surface area (Å²) in [6.07, 6.45) is 6.84. The second kappa shape index (κ2) is 10.2. The molecule has 0 bridgehead atoms. The molecule has 1 aliphatic heterocycles. The minimum absolute atomic E-state index is 0.142. The lowest BCUT2D eigenvalue weighted by Crippen LogP contribution is -2.37. The van der Waals surface area contributed by atoms with Gasteiger partial charge in [-0.2, -0.15) is 0 Å². The van der Waals surface area contributed by atoms with Crippen LogP contribution in [0.5, 0.6) is 0 Å². The molecule has 2 N–H and O–H groups in total. The van der Waals surface area contributed by atoms with Crippen LogP contribution in [0, 0.1) is 0 Å². The van der Waals surface area contributed by atoms with Gasteiger partial charge in [-0.1, -0.05) is 43.7 Å². The molecule has 9 heteroatoms. The molecule has 1 atom stereocenters. The first kappa shape index (κ1) is 21.8. The first-order chi connectivity index (χ1) is 14.5. The van der Waals surface area contributed by atoms with Gasteiger partial charge in [0.1, 0.15) is 11.1 Å². The summed E-state index contributed by atoms with van der Waals surface area (Å²) in [4.78, 5) is 45.6. The zero-order valence-electron chi connectivity index (χ0n) is 17.1. The number of carbonyl (C=O) groups excluding carboxylic acids is 3. The van der Waals surface area contributed by atoms with Gasteiger partial charge < -0.3 is 5.32 Å². The Morgan fingerprint density at radius 2 is 1.97 bits per heavy atom. The van der Waals surface area contributed by atoms with Gasteiger partial charge in [0.15, 0.2) is 0 Å². The Morgan fingerprint density at radius 3 is 2.63 bits per heavy atom. The van der Waals surface area contributed by atoms with Crippen molar-refractivity contribution in [2.24, 2.45) is 0 Å². The molecule has 2 heterocycles. The smallest absolute Gasteiger partial charge is 0.321 e. The Bertz CT molecular complexity index is 919. The van der Waals surface area contributed by atoms with E-state index >= 15 is 0 Å². The van der Waals surface area contributed by atoms with Crippen LogP contribution in [0.4, 0.5) is 15.3 Å². The normalized spacial score (nSPS) is 15.7. The van der Waals surface area contributed by atoms with Crippen molar-refractivity contribution in [3.05, 3.63) is 42.5 Å². The zero-order chi connectivity index (χ0) is 21.5. The summed E-state index contributed by atoms with van der Waals surface area (Å²) in [5, 5.41) is 4.36. The van der Waals surface area contributed by atoms with Gasteiger partial charge in [0.25, 0.3) is 5.24 Å². The van der Waals surface area contributed by atoms with Gasteiger partial charge in [-0.15, -0.1) is 0 Å². The highest BCUT2D eigenvalue weighted by atomic mass is 32.2. The molecule has 0 spiro atoms. The summed E-state index contributed by atoms with van der Waals surface area (Å²) in [6.45, 7) is 2.79. The van der Waals surface area contributed by atoms with E-state index in [1.807, 2.05) is 24.3 Å². The Kier molecular flexibility index (Phi) is 7.40. The minimum Gasteiger partial charge on any atom is -0.338 e. The van der Waals surface area contributed by atoms with Crippen molar-refractivity contribution >= 4 is 34.6 Å². The molecule has 1 saturated heterocycles. The SMILES string of the molecule is CCCCCNC(=O)N(C)c1cccc(-c2cnc(CC3SC(=O)NC3=O)nc2)c1. The van der Waals surface area contributed by atoms with E-state index in [0.717, 1.165) is 47.8 Å². The zero-order valence-corrected chi connectivity index (χ0v) is 17.9. The highest BCUT2D eigenvalue weighted by molar-refractivity contribution is 8.15. The number of unbranched alkanes of at least 4 members (excludes halogenated alkanes) is 2. The maximum Gasteiger partial charge on any atom is 0.321 e. The lowest BCUT2D eigenvalue weighted by atomic mass is 10.1. The number of hydrogen-bond acceptors (Lipinski definition) is 6. The van der Waals surface area contributed by atoms with Gasteiger partial charge in [-0.05, 0) is 24.1 Å². The predicted molar refractivity (Wildman–Crippen MR) is 117 cm³/mol. The van der Waals surface area contributed by atoms with E-state index in [1.165, 1.54) is 0 Å². The predicted octanol–water partition coefficient (Wildman–Crippen LogP) is 3.37. The molecule has 1 aliphatic rings. The van der Waals surface area contributed by atoms with Crippen molar-refractivity contribution in [3.8, 4) is 11.1 Å². The number of nitrogens with one attached hydrogen (secondary N) is 2. The number of anilines is 1. The molecule has 1 fully saturated rings. The van der Waals surface area contributed by atoms with Crippen molar-refractivity contribution in [1.82, 2.24) is 20.6 Å². The third kappa shape index (κ3) is 5.56. The third-order valence-corrected chi connectivity index (χ3v) is 5.75. The number of aromatic nitrogens is 2. The number of nitrogens with zero attached hydrogens (tertiary/aromatic N) is 3. The molecular formula is C21H25N5O3S. The Hall–Kier alpha value is -2.94. The van der Waals surface area contributed by atoms with Gasteiger partial charge >= 0.3 is 6.03 Å². The summed E-state index contributed by atoms with van der Waals surface area (Å²) in [5.41, 5.74) is 2.45. The Morgan fingerprint density at radius 1 is 1.20 bits per heavy atom. The highest BCUT2D eigenvalue weighted by Crippen LogP contribution is 2.25. The van der Waals surface area contributed by atoms with Gasteiger partial charge in [-0.3, -0.25) is 19.8 Å². The number of imide groups is 1. The summed E-state index contributed by atoms with van der Waals surface area (Å²) in [5.74, 6) is 0.196. The molecular weight excluding hydrogens is 402 g/mol. The standard InChI is InChI=1S/C21H25N5O3S/c1-3-4-5-9-22-20(28)26(2)16-8-6-7-14(10-16)15-12-23-18(24-13-15)11-17-19(27)25-21(29)30-17/h6-8,10,12-13,17H,3-5,9,11H2,1-2H3,(H,22,28)(H,25,27,29). The monoisotopic (exact) mass is 427 g/mol. The van der Waals surface area contributed by atoms with Gasteiger partial charge in [0.05, 0.1) is 0 Å². The number of urea groups is 1. The van der Waals surface area contributed by atoms with Gasteiger partial charge in [0.2, 0.25) is 5.91 Å². The first-order valence-electron chi connectivity index (χ1n) is 9.92. The fourth-order valence-corrected chi connectivity index (χ4v) is 3.82. The molecule has 158 valence electrons. The molecule has 2 aromatic rings. The van der Waals surface area contributed by atoms with Crippen LogP contribution in [0.15, 0.2) is 36.7 Å². The van der Waals surface area contributed by atoms with Crippen molar-refractivity contribution in [1.29, 1.82) is 0 Å². The van der Waals surface area contributed by atoms with Crippen LogP contribution in [0.3, 0.4) is 0 Å². The first-order valence-corrected chi connectivity index (χ1v) is 10.8. The summed E-state index contributed by atoms with van der Waals surface area (Å²) in [6, 6.07) is 7.44. The fourth-order valence-electron chi connectivity index (χ4n) is 3.00. The lowest BCUT2D eigenvalue weighted by molar-refractivity contribution is -0.118. The fraction of sp³-hybridized carbons (Fsp3) is 0.381. The van der Waals surface area contributed by atoms with Crippen LogP contribution in [-0.2, 0) is 11.2 Å². The largest absolute Gasteiger partial charge is 0.338 e. The summed E-state index contributed by atoms with van der Waals surface area (Å²) < 4.78 is 0. The van der Waals surface area contributed by atoms with Crippen LogP contribution in [0.2, 0.25) is 0 Å². The highest BCUT2D eigenvalue weighted by Gasteiger charge is 2.32. The Labute approximate surface area is 179 Å². The molecule has 8 nitrogen and oxygen atoms in total. The second-order valence-electron chi connectivity index (χ2n) is 7.02. The molecule has 1 aromatic heterocycles. The maximum atomic E-state index is 12.3. The van der Waals surface area contributed by atoms with E-state index in [4.69, 9.17) is 0 Å². The van der Waals surface area contributed by atoms with Crippen molar-refractivity contribution < 1.29 is 14.4 Å². The average molecular weight is 428 g/mol. The van der Waals surface area contributed by atoms with Crippen LogP contribution in [-0.4, -0.2) is 46.0 Å². The number of carbonyl (C=O) groups is 3. The van der Waals surface area contributed by atoms with Crippen molar-refractivity contribution in [2.45, 2.75) is 37.9 Å². The maximum absolute atomic E-state index is 12.3. The minimum atomic E-state index is -0.490. The number of rotatable bonds is 8. The molecule has 0 saturated carbocycles.